The third-order valence-corrected chi connectivity index (χ3v) is 6.80. The number of pyridine rings is 1. The lowest BCUT2D eigenvalue weighted by molar-refractivity contribution is 0.0366. The number of benzene rings is 1. The summed E-state index contributed by atoms with van der Waals surface area (Å²) in [5.41, 5.74) is 5.61. The van der Waals surface area contributed by atoms with E-state index < -0.39 is 21.6 Å². The van der Waals surface area contributed by atoms with E-state index in [4.69, 9.17) is 14.9 Å². The fourth-order valence-corrected chi connectivity index (χ4v) is 5.04. The molecule has 3 heterocycles. The van der Waals surface area contributed by atoms with Gasteiger partial charge in [-0.25, -0.2) is 13.2 Å². The number of hydrogen-bond acceptors (Lipinski definition) is 7. The molecule has 1 aliphatic heterocycles. The maximum atomic E-state index is 13.0. The fourth-order valence-electron chi connectivity index (χ4n) is 3.32. The van der Waals surface area contributed by atoms with E-state index in [0.29, 0.717) is 18.4 Å². The Balaban J connectivity index is 1.66. The monoisotopic (exact) mass is 417 g/mol. The summed E-state index contributed by atoms with van der Waals surface area (Å²) in [7, 11) is -3.77. The molecule has 3 aromatic rings. The van der Waals surface area contributed by atoms with E-state index in [-0.39, 0.29) is 35.2 Å². The second kappa shape index (κ2) is 7.47. The Kier molecular flexibility index (Phi) is 4.99. The van der Waals surface area contributed by atoms with Crippen molar-refractivity contribution in [2.24, 2.45) is 5.73 Å². The molecule has 0 amide bonds. The molecule has 1 atom stereocenters. The summed E-state index contributed by atoms with van der Waals surface area (Å²) in [6.07, 6.45) is 4.59. The van der Waals surface area contributed by atoms with Crippen molar-refractivity contribution in [3.8, 4) is 0 Å². The van der Waals surface area contributed by atoms with Crippen LogP contribution in [-0.4, -0.2) is 42.4 Å². The van der Waals surface area contributed by atoms with Gasteiger partial charge in [-0.15, -0.1) is 0 Å². The summed E-state index contributed by atoms with van der Waals surface area (Å²) in [5.74, 6) is -0.632. The van der Waals surface area contributed by atoms with Crippen molar-refractivity contribution in [2.45, 2.75) is 24.1 Å². The lowest BCUT2D eigenvalue weighted by Gasteiger charge is -2.17. The number of hydrogen-bond donors (Lipinski definition) is 1. The van der Waals surface area contributed by atoms with E-state index in [0.717, 1.165) is 0 Å². The van der Waals surface area contributed by atoms with E-state index in [1.54, 1.807) is 6.07 Å². The molecule has 1 aromatic carbocycles. The molecule has 1 fully saturated rings. The van der Waals surface area contributed by atoms with Gasteiger partial charge in [-0.1, -0.05) is 6.07 Å². The van der Waals surface area contributed by atoms with Gasteiger partial charge < -0.3 is 14.9 Å². The Morgan fingerprint density at radius 3 is 2.76 bits per heavy atom. The molecule has 4 rings (SSSR count). The number of nitrogens with two attached hydrogens (primary N) is 1. The molecule has 0 bridgehead atoms. The van der Waals surface area contributed by atoms with Gasteiger partial charge in [0.25, 0.3) is 5.56 Å². The molecule has 152 valence electrons. The number of esters is 1. The second-order valence-corrected chi connectivity index (χ2v) is 8.70. The van der Waals surface area contributed by atoms with Crippen molar-refractivity contribution in [2.75, 3.05) is 13.1 Å². The minimum absolute atomic E-state index is 0.0590. The van der Waals surface area contributed by atoms with Gasteiger partial charge in [0.1, 0.15) is 6.26 Å². The molecule has 2 aromatic heterocycles. The molecule has 29 heavy (non-hydrogen) atoms. The standard InChI is InChI=1S/C19H19N3O6S/c20-14-4-8-22(10-14)29(25,26)17-3-1-2-16-15(17)5-7-21(18(16)23)12-28-19(24)13-6-9-27-11-13/h1-3,5-7,9,11,14H,4,8,10,12,20H2/t14-/m0/s1. The van der Waals surface area contributed by atoms with Gasteiger partial charge in [0, 0.05) is 36.1 Å². The highest BCUT2D eigenvalue weighted by atomic mass is 32.2. The first-order chi connectivity index (χ1) is 13.9. The first kappa shape index (κ1) is 19.4. The van der Waals surface area contributed by atoms with Crippen molar-refractivity contribution in [1.82, 2.24) is 8.87 Å². The van der Waals surface area contributed by atoms with E-state index in [1.807, 2.05) is 0 Å². The Bertz CT molecular complexity index is 1220. The van der Waals surface area contributed by atoms with Crippen molar-refractivity contribution < 1.29 is 22.4 Å². The lowest BCUT2D eigenvalue weighted by Crippen LogP contribution is -2.32. The van der Waals surface area contributed by atoms with Crippen LogP contribution >= 0.6 is 0 Å². The van der Waals surface area contributed by atoms with E-state index in [2.05, 4.69) is 0 Å². The highest BCUT2D eigenvalue weighted by Gasteiger charge is 2.32. The number of rotatable bonds is 5. The van der Waals surface area contributed by atoms with Gasteiger partial charge in [0.05, 0.1) is 16.7 Å². The Morgan fingerprint density at radius 1 is 1.24 bits per heavy atom. The van der Waals surface area contributed by atoms with Gasteiger partial charge in [-0.05, 0) is 30.7 Å². The molecule has 0 saturated carbocycles. The maximum absolute atomic E-state index is 13.0. The summed E-state index contributed by atoms with van der Waals surface area (Å²) in [5, 5.41) is 0.534. The zero-order chi connectivity index (χ0) is 20.6. The Hall–Kier alpha value is -2.95. The largest absolute Gasteiger partial charge is 0.472 e. The highest BCUT2D eigenvalue weighted by Crippen LogP contribution is 2.26. The van der Waals surface area contributed by atoms with Gasteiger partial charge in [0.15, 0.2) is 6.73 Å². The smallest absolute Gasteiger partial charge is 0.343 e. The van der Waals surface area contributed by atoms with Gasteiger partial charge >= 0.3 is 5.97 Å². The first-order valence-corrected chi connectivity index (χ1v) is 10.4. The molecular formula is C19H19N3O6S. The van der Waals surface area contributed by atoms with Crippen LogP contribution in [0.15, 0.2) is 63.2 Å². The topological polar surface area (TPSA) is 125 Å². The van der Waals surface area contributed by atoms with Crippen LogP contribution < -0.4 is 11.3 Å². The highest BCUT2D eigenvalue weighted by molar-refractivity contribution is 7.89. The fraction of sp³-hybridized carbons (Fsp3) is 0.263. The zero-order valence-electron chi connectivity index (χ0n) is 15.4. The van der Waals surface area contributed by atoms with E-state index in [1.165, 1.54) is 51.9 Å². The number of aromatic nitrogens is 1. The van der Waals surface area contributed by atoms with Crippen LogP contribution in [0.5, 0.6) is 0 Å². The van der Waals surface area contributed by atoms with Crippen LogP contribution in [0.3, 0.4) is 0 Å². The summed E-state index contributed by atoms with van der Waals surface area (Å²) >= 11 is 0. The van der Waals surface area contributed by atoms with Crippen molar-refractivity contribution in [3.05, 3.63) is 65.0 Å². The van der Waals surface area contributed by atoms with E-state index >= 15 is 0 Å². The van der Waals surface area contributed by atoms with Gasteiger partial charge in [-0.3, -0.25) is 9.36 Å². The maximum Gasteiger partial charge on any atom is 0.343 e. The molecular weight excluding hydrogens is 398 g/mol. The lowest BCUT2D eigenvalue weighted by atomic mass is 10.2. The predicted octanol–water partition coefficient (Wildman–Crippen LogP) is 1.13. The summed E-state index contributed by atoms with van der Waals surface area (Å²) in [6.45, 7) is 0.289. The zero-order valence-corrected chi connectivity index (χ0v) is 16.2. The van der Waals surface area contributed by atoms with Crippen molar-refractivity contribution in [3.63, 3.8) is 0 Å². The molecule has 0 unspecified atom stereocenters. The first-order valence-electron chi connectivity index (χ1n) is 8.95. The molecule has 0 spiro atoms. The third kappa shape index (κ3) is 3.57. The Morgan fingerprint density at radius 2 is 2.07 bits per heavy atom. The predicted molar refractivity (Wildman–Crippen MR) is 104 cm³/mol. The quantitative estimate of drug-likeness (QED) is 0.617. The SMILES string of the molecule is N[C@H]1CCN(S(=O)(=O)c2cccc3c(=O)n(COC(=O)c4ccoc4)ccc23)C1. The number of carbonyl (C=O) groups is 1. The minimum Gasteiger partial charge on any atom is -0.472 e. The molecule has 0 radical (unpaired) electrons. The number of carbonyl (C=O) groups excluding carboxylic acids is 1. The van der Waals surface area contributed by atoms with Crippen LogP contribution in [0.2, 0.25) is 0 Å². The van der Waals surface area contributed by atoms with Crippen LogP contribution in [0.1, 0.15) is 16.8 Å². The van der Waals surface area contributed by atoms with Crippen LogP contribution in [0.4, 0.5) is 0 Å². The van der Waals surface area contributed by atoms with Crippen LogP contribution in [0, 0.1) is 0 Å². The molecule has 0 aliphatic carbocycles. The van der Waals surface area contributed by atoms with E-state index in [9.17, 15) is 18.0 Å². The summed E-state index contributed by atoms with van der Waals surface area (Å²) in [4.78, 5) is 24.8. The molecule has 2 N–H and O–H groups in total. The normalized spacial score (nSPS) is 17.6. The third-order valence-electron chi connectivity index (χ3n) is 4.88. The number of furan rings is 1. The average molecular weight is 417 g/mol. The van der Waals surface area contributed by atoms with Crippen molar-refractivity contribution >= 4 is 26.8 Å². The molecule has 1 saturated heterocycles. The summed E-state index contributed by atoms with van der Waals surface area (Å²) < 4.78 is 38.5. The number of ether oxygens (including phenoxy) is 1. The number of fused-ring (bicyclic) bond motifs is 1. The molecule has 9 nitrogen and oxygen atoms in total. The van der Waals surface area contributed by atoms with Crippen LogP contribution in [-0.2, 0) is 21.5 Å². The second-order valence-electron chi connectivity index (χ2n) is 6.79. The van der Waals surface area contributed by atoms with Crippen molar-refractivity contribution in [1.29, 1.82) is 0 Å². The summed E-state index contributed by atoms with van der Waals surface area (Å²) in [6, 6.07) is 7.33. The average Bonchev–Trinajstić information content (AvgIpc) is 3.39. The number of sulfonamides is 1. The number of nitrogens with zero attached hydrogens (tertiary/aromatic N) is 2. The van der Waals surface area contributed by atoms with Gasteiger partial charge in [-0.2, -0.15) is 4.31 Å². The molecule has 1 aliphatic rings. The minimum atomic E-state index is -3.77. The molecule has 10 heteroatoms. The van der Waals surface area contributed by atoms with Gasteiger partial charge in [0.2, 0.25) is 10.0 Å². The Labute approximate surface area is 166 Å². The van der Waals surface area contributed by atoms with Crippen LogP contribution in [0.25, 0.3) is 10.8 Å².